The first-order valence-electron chi connectivity index (χ1n) is 6.21. The van der Waals surface area contributed by atoms with E-state index in [1.54, 1.807) is 7.11 Å². The Kier molecular flexibility index (Phi) is 3.68. The molecular formula is C14H20N2O2. The Labute approximate surface area is 107 Å². The molecule has 0 saturated heterocycles. The van der Waals surface area contributed by atoms with Gasteiger partial charge in [0.1, 0.15) is 0 Å². The molecule has 2 aromatic rings. The van der Waals surface area contributed by atoms with Crippen molar-refractivity contribution in [3.63, 3.8) is 0 Å². The van der Waals surface area contributed by atoms with Gasteiger partial charge in [0.2, 0.25) is 0 Å². The highest BCUT2D eigenvalue weighted by Gasteiger charge is 2.27. The summed E-state index contributed by atoms with van der Waals surface area (Å²) in [5.74, 6) is 0. The molecular weight excluding hydrogens is 228 g/mol. The monoisotopic (exact) mass is 248 g/mol. The van der Waals surface area contributed by atoms with Crippen LogP contribution in [-0.2, 0) is 18.2 Å². The average molecular weight is 248 g/mol. The van der Waals surface area contributed by atoms with Crippen molar-refractivity contribution in [1.29, 1.82) is 0 Å². The second-order valence-electron chi connectivity index (χ2n) is 4.78. The Morgan fingerprint density at radius 2 is 2.11 bits per heavy atom. The number of aliphatic hydroxyl groups is 1. The molecule has 1 aromatic heterocycles. The Balaban J connectivity index is 2.37. The minimum atomic E-state index is -0.841. The molecule has 0 saturated carbocycles. The third-order valence-corrected chi connectivity index (χ3v) is 3.40. The molecule has 4 heteroatoms. The van der Waals surface area contributed by atoms with Gasteiger partial charge in [-0.05, 0) is 12.5 Å². The fourth-order valence-corrected chi connectivity index (χ4v) is 2.28. The van der Waals surface area contributed by atoms with E-state index in [0.29, 0.717) is 19.4 Å². The Bertz CT molecular complexity index is 536. The molecule has 2 rings (SSSR count). The van der Waals surface area contributed by atoms with Gasteiger partial charge in [0.15, 0.2) is 0 Å². The first-order valence-corrected chi connectivity index (χ1v) is 6.21. The second kappa shape index (κ2) is 5.08. The lowest BCUT2D eigenvalue weighted by molar-refractivity contribution is -0.0338. The van der Waals surface area contributed by atoms with E-state index in [4.69, 9.17) is 4.74 Å². The minimum Gasteiger partial charge on any atom is -0.387 e. The maximum atomic E-state index is 10.5. The molecule has 0 bridgehead atoms. The van der Waals surface area contributed by atoms with Crippen molar-refractivity contribution >= 4 is 10.9 Å². The van der Waals surface area contributed by atoms with Crippen LogP contribution in [0.15, 0.2) is 24.3 Å². The molecule has 0 aliphatic heterocycles. The van der Waals surface area contributed by atoms with Gasteiger partial charge in [0, 0.05) is 26.0 Å². The van der Waals surface area contributed by atoms with Gasteiger partial charge in [-0.25, -0.2) is 0 Å². The molecule has 1 unspecified atom stereocenters. The zero-order valence-electron chi connectivity index (χ0n) is 11.2. The number of fused-ring (bicyclic) bond motifs is 1. The summed E-state index contributed by atoms with van der Waals surface area (Å²) >= 11 is 0. The van der Waals surface area contributed by atoms with E-state index in [0.717, 1.165) is 16.6 Å². The van der Waals surface area contributed by atoms with Gasteiger partial charge >= 0.3 is 0 Å². The average Bonchev–Trinajstić information content (AvgIpc) is 2.67. The van der Waals surface area contributed by atoms with Crippen LogP contribution >= 0.6 is 0 Å². The molecule has 1 heterocycles. The SMILES string of the molecule is CCC(O)(COC)Cc1nn(C)c2ccccc12. The number of hydrogen-bond acceptors (Lipinski definition) is 3. The van der Waals surface area contributed by atoms with E-state index in [9.17, 15) is 5.11 Å². The number of ether oxygens (including phenoxy) is 1. The summed E-state index contributed by atoms with van der Waals surface area (Å²) in [5, 5.41) is 16.1. The van der Waals surface area contributed by atoms with Crippen molar-refractivity contribution in [2.75, 3.05) is 13.7 Å². The largest absolute Gasteiger partial charge is 0.387 e. The third kappa shape index (κ3) is 2.40. The van der Waals surface area contributed by atoms with Gasteiger partial charge < -0.3 is 9.84 Å². The van der Waals surface area contributed by atoms with Crippen LogP contribution in [0, 0.1) is 0 Å². The minimum absolute atomic E-state index is 0.328. The number of aryl methyl sites for hydroxylation is 1. The standard InChI is InChI=1S/C14H20N2O2/c1-4-14(17,10-18-3)9-12-11-7-5-6-8-13(11)16(2)15-12/h5-8,17H,4,9-10H2,1-3H3. The van der Waals surface area contributed by atoms with Crippen molar-refractivity contribution in [2.45, 2.75) is 25.4 Å². The van der Waals surface area contributed by atoms with Crippen LogP contribution in [0.1, 0.15) is 19.0 Å². The Morgan fingerprint density at radius 1 is 1.39 bits per heavy atom. The summed E-state index contributed by atoms with van der Waals surface area (Å²) in [7, 11) is 3.53. The lowest BCUT2D eigenvalue weighted by Gasteiger charge is -2.24. The predicted molar refractivity (Wildman–Crippen MR) is 71.5 cm³/mol. The highest BCUT2D eigenvalue weighted by atomic mass is 16.5. The summed E-state index contributed by atoms with van der Waals surface area (Å²) in [6.45, 7) is 2.29. The molecule has 1 atom stereocenters. The zero-order valence-corrected chi connectivity index (χ0v) is 11.2. The van der Waals surface area contributed by atoms with E-state index in [1.165, 1.54) is 0 Å². The maximum Gasteiger partial charge on any atom is 0.0933 e. The van der Waals surface area contributed by atoms with Gasteiger partial charge in [0.05, 0.1) is 23.4 Å². The fraction of sp³-hybridized carbons (Fsp3) is 0.500. The van der Waals surface area contributed by atoms with E-state index in [2.05, 4.69) is 5.10 Å². The number of aromatic nitrogens is 2. The van der Waals surface area contributed by atoms with E-state index >= 15 is 0 Å². The summed E-state index contributed by atoms with van der Waals surface area (Å²) in [4.78, 5) is 0. The molecule has 0 aliphatic carbocycles. The summed E-state index contributed by atoms with van der Waals surface area (Å²) in [6, 6.07) is 8.07. The number of nitrogens with zero attached hydrogens (tertiary/aromatic N) is 2. The lowest BCUT2D eigenvalue weighted by Crippen LogP contribution is -2.36. The first kappa shape index (κ1) is 13.1. The highest BCUT2D eigenvalue weighted by molar-refractivity contribution is 5.81. The quantitative estimate of drug-likeness (QED) is 0.879. The van der Waals surface area contributed by atoms with Gasteiger partial charge in [0.25, 0.3) is 0 Å². The lowest BCUT2D eigenvalue weighted by atomic mass is 9.94. The zero-order chi connectivity index (χ0) is 13.2. The highest BCUT2D eigenvalue weighted by Crippen LogP contribution is 2.23. The Morgan fingerprint density at radius 3 is 2.78 bits per heavy atom. The second-order valence-corrected chi connectivity index (χ2v) is 4.78. The van der Waals surface area contributed by atoms with Crippen molar-refractivity contribution in [2.24, 2.45) is 7.05 Å². The number of rotatable bonds is 5. The van der Waals surface area contributed by atoms with Crippen LogP contribution in [0.4, 0.5) is 0 Å². The van der Waals surface area contributed by atoms with Crippen LogP contribution in [0.5, 0.6) is 0 Å². The molecule has 0 spiro atoms. The molecule has 1 aromatic carbocycles. The van der Waals surface area contributed by atoms with E-state index in [1.807, 2.05) is 42.9 Å². The summed E-state index contributed by atoms with van der Waals surface area (Å²) in [5.41, 5.74) is 1.17. The smallest absolute Gasteiger partial charge is 0.0933 e. The summed E-state index contributed by atoms with van der Waals surface area (Å²) < 4.78 is 6.96. The first-order chi connectivity index (χ1) is 8.59. The van der Waals surface area contributed by atoms with Crippen molar-refractivity contribution in [3.05, 3.63) is 30.0 Å². The number of methoxy groups -OCH3 is 1. The van der Waals surface area contributed by atoms with E-state index < -0.39 is 5.60 Å². The Hall–Kier alpha value is -1.39. The normalized spacial score (nSPS) is 14.9. The molecule has 4 nitrogen and oxygen atoms in total. The third-order valence-electron chi connectivity index (χ3n) is 3.40. The molecule has 0 radical (unpaired) electrons. The van der Waals surface area contributed by atoms with E-state index in [-0.39, 0.29) is 0 Å². The van der Waals surface area contributed by atoms with Crippen molar-refractivity contribution in [1.82, 2.24) is 9.78 Å². The van der Waals surface area contributed by atoms with Gasteiger partial charge in [-0.15, -0.1) is 0 Å². The maximum absolute atomic E-state index is 10.5. The van der Waals surface area contributed by atoms with Gasteiger partial charge in [-0.1, -0.05) is 25.1 Å². The molecule has 1 N–H and O–H groups in total. The molecule has 98 valence electrons. The molecule has 0 amide bonds. The number of benzene rings is 1. The fourth-order valence-electron chi connectivity index (χ4n) is 2.28. The van der Waals surface area contributed by atoms with Gasteiger partial charge in [-0.3, -0.25) is 4.68 Å². The van der Waals surface area contributed by atoms with Crippen LogP contribution in [-0.4, -0.2) is 34.2 Å². The number of para-hydroxylation sites is 1. The van der Waals surface area contributed by atoms with Gasteiger partial charge in [-0.2, -0.15) is 5.10 Å². The molecule has 18 heavy (non-hydrogen) atoms. The number of hydrogen-bond donors (Lipinski definition) is 1. The molecule has 0 aliphatic rings. The van der Waals surface area contributed by atoms with Crippen molar-refractivity contribution in [3.8, 4) is 0 Å². The van der Waals surface area contributed by atoms with Crippen molar-refractivity contribution < 1.29 is 9.84 Å². The van der Waals surface area contributed by atoms with Crippen LogP contribution in [0.25, 0.3) is 10.9 Å². The van der Waals surface area contributed by atoms with Crippen LogP contribution in [0.3, 0.4) is 0 Å². The predicted octanol–water partition coefficient (Wildman–Crippen LogP) is 1.90. The van der Waals surface area contributed by atoms with Crippen LogP contribution < -0.4 is 0 Å². The summed E-state index contributed by atoms with van der Waals surface area (Å²) in [6.07, 6.45) is 1.16. The molecule has 0 fully saturated rings. The van der Waals surface area contributed by atoms with Crippen LogP contribution in [0.2, 0.25) is 0 Å². The topological polar surface area (TPSA) is 47.3 Å².